The van der Waals surface area contributed by atoms with Crippen LogP contribution in [0.5, 0.6) is 0 Å². The van der Waals surface area contributed by atoms with Crippen molar-refractivity contribution in [2.24, 2.45) is 0 Å². The molecule has 3 amide bonds. The van der Waals surface area contributed by atoms with Crippen LogP contribution in [0.2, 0.25) is 0 Å². The van der Waals surface area contributed by atoms with Gasteiger partial charge in [-0.25, -0.2) is 0 Å². The summed E-state index contributed by atoms with van der Waals surface area (Å²) >= 11 is 0. The lowest BCUT2D eigenvalue weighted by Crippen LogP contribution is -2.68. The Morgan fingerprint density at radius 1 is 0.435 bits per heavy atom. The smallest absolute Gasteiger partial charge is 0.264 e. The largest absolute Gasteiger partial charge is 0.339 e. The number of amides is 3. The summed E-state index contributed by atoms with van der Waals surface area (Å²) in [6, 6.07) is 0. The van der Waals surface area contributed by atoms with Gasteiger partial charge in [0.25, 0.3) is 5.91 Å². The first-order valence-corrected chi connectivity index (χ1v) is 27.9. The summed E-state index contributed by atoms with van der Waals surface area (Å²) in [4.78, 5) is 47.6. The Bertz CT molecular complexity index is 1180. The molecular formula is C56H104N2O4. The summed E-state index contributed by atoms with van der Waals surface area (Å²) in [6.07, 6.45) is 49.9. The summed E-state index contributed by atoms with van der Waals surface area (Å²) in [5, 5.41) is 0. The predicted octanol–water partition coefficient (Wildman–Crippen LogP) is 17.0. The maximum absolute atomic E-state index is 15.2. The van der Waals surface area contributed by atoms with Gasteiger partial charge in [-0.05, 0) is 66.2 Å². The van der Waals surface area contributed by atoms with Crippen LogP contribution in [0.3, 0.4) is 0 Å². The minimum absolute atomic E-state index is 0.0233. The Morgan fingerprint density at radius 2 is 0.726 bits per heavy atom. The highest BCUT2D eigenvalue weighted by molar-refractivity contribution is 6.02. The monoisotopic (exact) mass is 869 g/mol. The van der Waals surface area contributed by atoms with Gasteiger partial charge in [0.1, 0.15) is 0 Å². The highest BCUT2D eigenvalue weighted by Crippen LogP contribution is 2.54. The molecule has 362 valence electrons. The van der Waals surface area contributed by atoms with Gasteiger partial charge in [-0.1, -0.05) is 226 Å². The number of carbonyl (C=O) groups excluding carboxylic acids is 3. The molecule has 62 heavy (non-hydrogen) atoms. The Labute approximate surface area is 385 Å². The van der Waals surface area contributed by atoms with Crippen molar-refractivity contribution < 1.29 is 19.1 Å². The molecule has 0 bridgehead atoms. The van der Waals surface area contributed by atoms with Crippen molar-refractivity contribution in [1.29, 1.82) is 0 Å². The van der Waals surface area contributed by atoms with Crippen LogP contribution in [0.25, 0.3) is 0 Å². The topological polar surface area (TPSA) is 66.9 Å². The Balaban J connectivity index is 1.56. The molecule has 1 saturated carbocycles. The SMILES string of the molecule is CCCCCCCCCCCCCCCCC(=O)N1C(C)(C)CC2(CC1(C)C)OC1(CCCCCCCCCCC1)N(C(=O)CCCCCCCCCCCCCCCC)C2=O. The quantitative estimate of drug-likeness (QED) is 0.0675. The van der Waals surface area contributed by atoms with Crippen molar-refractivity contribution in [2.75, 3.05) is 0 Å². The van der Waals surface area contributed by atoms with Crippen LogP contribution in [0.4, 0.5) is 0 Å². The number of hydrogen-bond acceptors (Lipinski definition) is 4. The number of hydrogen-bond donors (Lipinski definition) is 0. The molecule has 3 rings (SSSR count). The number of nitrogens with zero attached hydrogens (tertiary/aromatic N) is 2. The van der Waals surface area contributed by atoms with E-state index in [1.54, 1.807) is 4.90 Å². The number of imide groups is 1. The summed E-state index contributed by atoms with van der Waals surface area (Å²) in [6.45, 7) is 13.1. The van der Waals surface area contributed by atoms with Crippen molar-refractivity contribution in [3.63, 3.8) is 0 Å². The minimum Gasteiger partial charge on any atom is -0.339 e. The van der Waals surface area contributed by atoms with E-state index in [0.29, 0.717) is 25.7 Å². The summed E-state index contributed by atoms with van der Waals surface area (Å²) in [7, 11) is 0. The molecule has 0 radical (unpaired) electrons. The summed E-state index contributed by atoms with van der Waals surface area (Å²) < 4.78 is 7.40. The number of piperidine rings is 1. The Kier molecular flexibility index (Phi) is 27.2. The van der Waals surface area contributed by atoms with E-state index in [1.165, 1.54) is 180 Å². The highest BCUT2D eigenvalue weighted by Gasteiger charge is 2.67. The van der Waals surface area contributed by atoms with Crippen molar-refractivity contribution in [1.82, 2.24) is 9.80 Å². The molecule has 0 aromatic rings. The van der Waals surface area contributed by atoms with E-state index in [1.807, 2.05) is 0 Å². The van der Waals surface area contributed by atoms with Gasteiger partial charge < -0.3 is 9.64 Å². The zero-order valence-corrected chi connectivity index (χ0v) is 42.4. The molecule has 2 heterocycles. The molecule has 0 aromatic heterocycles. The second-order valence-corrected chi connectivity index (χ2v) is 22.2. The van der Waals surface area contributed by atoms with Gasteiger partial charge in [0.05, 0.1) is 0 Å². The third-order valence-electron chi connectivity index (χ3n) is 15.2. The van der Waals surface area contributed by atoms with E-state index in [2.05, 4.69) is 46.4 Å². The fourth-order valence-corrected chi connectivity index (χ4v) is 12.2. The average molecular weight is 869 g/mol. The van der Waals surface area contributed by atoms with E-state index < -0.39 is 22.4 Å². The van der Waals surface area contributed by atoms with E-state index in [4.69, 9.17) is 4.74 Å². The second kappa shape index (κ2) is 30.7. The zero-order chi connectivity index (χ0) is 45.0. The molecule has 0 unspecified atom stereocenters. The molecule has 0 atom stereocenters. The number of unbranched alkanes of at least 4 members (excludes halogenated alkanes) is 26. The molecular weight excluding hydrogens is 765 g/mol. The lowest BCUT2D eigenvalue weighted by atomic mass is 9.70. The van der Waals surface area contributed by atoms with Crippen molar-refractivity contribution in [3.8, 4) is 0 Å². The molecule has 1 aliphatic carbocycles. The number of ether oxygens (including phenoxy) is 1. The number of likely N-dealkylation sites (tertiary alicyclic amines) is 1. The van der Waals surface area contributed by atoms with Gasteiger partial charge >= 0.3 is 0 Å². The van der Waals surface area contributed by atoms with Crippen LogP contribution in [-0.2, 0) is 19.1 Å². The lowest BCUT2D eigenvalue weighted by Gasteiger charge is -2.57. The lowest BCUT2D eigenvalue weighted by molar-refractivity contribution is -0.203. The molecule has 6 heteroatoms. The molecule has 6 nitrogen and oxygen atoms in total. The third-order valence-corrected chi connectivity index (χ3v) is 15.2. The number of carbonyl (C=O) groups is 3. The van der Waals surface area contributed by atoms with Gasteiger partial charge in [-0.2, -0.15) is 0 Å². The highest BCUT2D eigenvalue weighted by atomic mass is 16.6. The molecule has 3 aliphatic rings. The van der Waals surface area contributed by atoms with Crippen LogP contribution >= 0.6 is 0 Å². The first-order valence-electron chi connectivity index (χ1n) is 27.9. The van der Waals surface area contributed by atoms with Crippen LogP contribution < -0.4 is 0 Å². The van der Waals surface area contributed by atoms with E-state index >= 15 is 4.79 Å². The number of rotatable bonds is 30. The van der Waals surface area contributed by atoms with Crippen LogP contribution in [-0.4, -0.2) is 49.9 Å². The van der Waals surface area contributed by atoms with E-state index in [9.17, 15) is 9.59 Å². The maximum Gasteiger partial charge on any atom is 0.264 e. The summed E-state index contributed by atoms with van der Waals surface area (Å²) in [5.41, 5.74) is -3.13. The van der Waals surface area contributed by atoms with Crippen molar-refractivity contribution >= 4 is 17.7 Å². The molecule has 0 N–H and O–H groups in total. The standard InChI is InChI=1S/C56H104N2O4/c1-7-9-11-13-15-17-19-21-23-25-28-32-36-40-44-50(59)57-52(61)55(62-56(57)46-42-38-34-30-27-31-35-39-43-47-56)48-53(3,4)58(54(5,6)49-55)51(60)45-41-37-33-29-26-24-22-20-18-16-14-12-10-8-2/h7-49H2,1-6H3. The molecule has 3 fully saturated rings. The summed E-state index contributed by atoms with van der Waals surface area (Å²) in [5.74, 6) is 0.0655. The first kappa shape index (κ1) is 54.9. The zero-order valence-electron chi connectivity index (χ0n) is 42.4. The maximum atomic E-state index is 15.2. The fourth-order valence-electron chi connectivity index (χ4n) is 12.2. The molecule has 2 aliphatic heterocycles. The van der Waals surface area contributed by atoms with Crippen LogP contribution in [0, 0.1) is 0 Å². The van der Waals surface area contributed by atoms with Gasteiger partial charge in [0.2, 0.25) is 11.8 Å². The van der Waals surface area contributed by atoms with Crippen LogP contribution in [0.1, 0.15) is 318 Å². The van der Waals surface area contributed by atoms with Crippen molar-refractivity contribution in [3.05, 3.63) is 0 Å². The second-order valence-electron chi connectivity index (χ2n) is 22.2. The predicted molar refractivity (Wildman–Crippen MR) is 263 cm³/mol. The van der Waals surface area contributed by atoms with E-state index in [-0.39, 0.29) is 17.7 Å². The minimum atomic E-state index is -1.10. The fraction of sp³-hybridized carbons (Fsp3) is 0.946. The van der Waals surface area contributed by atoms with Crippen LogP contribution in [0.15, 0.2) is 0 Å². The average Bonchev–Trinajstić information content (AvgIpc) is 3.43. The van der Waals surface area contributed by atoms with Gasteiger partial charge in [-0.3, -0.25) is 19.3 Å². The molecule has 0 aromatic carbocycles. The van der Waals surface area contributed by atoms with Gasteiger partial charge in [-0.15, -0.1) is 0 Å². The van der Waals surface area contributed by atoms with Crippen molar-refractivity contribution in [2.45, 2.75) is 340 Å². The first-order chi connectivity index (χ1) is 29.9. The van der Waals surface area contributed by atoms with Gasteiger partial charge in [0.15, 0.2) is 11.3 Å². The third kappa shape index (κ3) is 19.2. The molecule has 2 spiro atoms. The Morgan fingerprint density at radius 3 is 1.06 bits per heavy atom. The Hall–Kier alpha value is -1.43. The normalized spacial score (nSPS) is 20.1. The van der Waals surface area contributed by atoms with E-state index in [0.717, 1.165) is 70.6 Å². The molecule has 2 saturated heterocycles. The van der Waals surface area contributed by atoms with Gasteiger partial charge in [0, 0.05) is 36.8 Å².